The van der Waals surface area contributed by atoms with E-state index in [1.54, 1.807) is 0 Å². The monoisotopic (exact) mass is 363 g/mol. The van der Waals surface area contributed by atoms with Gasteiger partial charge in [0.05, 0.1) is 4.90 Å². The van der Waals surface area contributed by atoms with Gasteiger partial charge in [-0.05, 0) is 59.6 Å². The van der Waals surface area contributed by atoms with Gasteiger partial charge in [-0.3, -0.25) is 0 Å². The molecule has 2 atom stereocenters. The van der Waals surface area contributed by atoms with E-state index in [1.807, 2.05) is 23.4 Å². The van der Waals surface area contributed by atoms with E-state index < -0.39 is 10.0 Å². The number of benzene rings is 1. The molecule has 0 amide bonds. The highest BCUT2D eigenvalue weighted by molar-refractivity contribution is 7.89. The minimum atomic E-state index is -3.46. The van der Waals surface area contributed by atoms with Crippen molar-refractivity contribution in [2.24, 2.45) is 10.8 Å². The van der Waals surface area contributed by atoms with Crippen LogP contribution in [-0.2, 0) is 15.4 Å². The summed E-state index contributed by atoms with van der Waals surface area (Å²) in [5.41, 5.74) is 2.18. The molecule has 1 saturated carbocycles. The molecule has 3 nitrogen and oxygen atoms in total. The van der Waals surface area contributed by atoms with Crippen LogP contribution in [0.4, 0.5) is 0 Å². The molecule has 1 aliphatic heterocycles. The van der Waals surface area contributed by atoms with Gasteiger partial charge in [0.25, 0.3) is 0 Å². The van der Waals surface area contributed by atoms with Crippen LogP contribution in [0.5, 0.6) is 0 Å². The highest BCUT2D eigenvalue weighted by Gasteiger charge is 2.53. The van der Waals surface area contributed by atoms with Crippen LogP contribution < -0.4 is 0 Å². The van der Waals surface area contributed by atoms with Crippen LogP contribution >= 0.6 is 0 Å². The van der Waals surface area contributed by atoms with Gasteiger partial charge in [0.2, 0.25) is 10.0 Å². The van der Waals surface area contributed by atoms with Crippen molar-refractivity contribution in [2.45, 2.75) is 84.1 Å². The minimum Gasteiger partial charge on any atom is -0.207 e. The van der Waals surface area contributed by atoms with Gasteiger partial charge in [-0.15, -0.1) is 0 Å². The molecule has 0 unspecified atom stereocenters. The Kier molecular flexibility index (Phi) is 4.21. The molecule has 2 bridgehead atoms. The number of hydrogen-bond acceptors (Lipinski definition) is 2. The van der Waals surface area contributed by atoms with E-state index >= 15 is 0 Å². The van der Waals surface area contributed by atoms with Crippen LogP contribution in [0.15, 0.2) is 23.1 Å². The average Bonchev–Trinajstić information content (AvgIpc) is 2.67. The summed E-state index contributed by atoms with van der Waals surface area (Å²) in [6.45, 7) is 15.8. The van der Waals surface area contributed by atoms with E-state index in [1.165, 1.54) is 0 Å². The Morgan fingerprint density at radius 2 is 1.76 bits per heavy atom. The third kappa shape index (κ3) is 3.40. The third-order valence-corrected chi connectivity index (χ3v) is 8.05. The van der Waals surface area contributed by atoms with Crippen LogP contribution in [0.1, 0.15) is 71.9 Å². The second-order valence-electron chi connectivity index (χ2n) is 10.5. The molecule has 1 heterocycles. The van der Waals surface area contributed by atoms with Gasteiger partial charge >= 0.3 is 0 Å². The molecule has 0 radical (unpaired) electrons. The number of fused-ring (bicyclic) bond motifs is 2. The number of nitrogens with zero attached hydrogens (tertiary/aromatic N) is 1. The topological polar surface area (TPSA) is 37.4 Å². The summed E-state index contributed by atoms with van der Waals surface area (Å²) in [6.07, 6.45) is 3.05. The van der Waals surface area contributed by atoms with Crippen molar-refractivity contribution in [3.05, 3.63) is 29.3 Å². The molecule has 1 saturated heterocycles. The van der Waals surface area contributed by atoms with Gasteiger partial charge in [-0.25, -0.2) is 8.42 Å². The fraction of sp³-hybridized carbons (Fsp3) is 0.714. The van der Waals surface area contributed by atoms with Crippen molar-refractivity contribution in [3.8, 4) is 0 Å². The highest BCUT2D eigenvalue weighted by atomic mass is 32.2. The lowest BCUT2D eigenvalue weighted by atomic mass is 9.65. The van der Waals surface area contributed by atoms with E-state index in [-0.39, 0.29) is 22.3 Å². The molecule has 0 aromatic heterocycles. The molecule has 140 valence electrons. The molecule has 0 N–H and O–H groups in total. The van der Waals surface area contributed by atoms with E-state index in [0.29, 0.717) is 11.4 Å². The number of aryl methyl sites for hydroxylation is 1. The maximum Gasteiger partial charge on any atom is 0.243 e. The summed E-state index contributed by atoms with van der Waals surface area (Å²) in [5, 5.41) is 0. The maximum atomic E-state index is 13.6. The molecule has 25 heavy (non-hydrogen) atoms. The first kappa shape index (κ1) is 18.9. The zero-order valence-corrected chi connectivity index (χ0v) is 17.6. The summed E-state index contributed by atoms with van der Waals surface area (Å²) in [7, 11) is -3.46. The fourth-order valence-corrected chi connectivity index (χ4v) is 7.19. The van der Waals surface area contributed by atoms with Crippen molar-refractivity contribution < 1.29 is 8.42 Å². The van der Waals surface area contributed by atoms with E-state index in [9.17, 15) is 8.42 Å². The second kappa shape index (κ2) is 5.56. The SMILES string of the molecule is Cc1ccc(C(C)(C)C)cc1S(=O)(=O)N1C[C@@]2(C)C[C@H]1CC(C)(C)C2. The highest BCUT2D eigenvalue weighted by Crippen LogP contribution is 2.53. The smallest absolute Gasteiger partial charge is 0.207 e. The molecule has 1 aromatic rings. The van der Waals surface area contributed by atoms with Crippen LogP contribution in [0.25, 0.3) is 0 Å². The van der Waals surface area contributed by atoms with Crippen molar-refractivity contribution >= 4 is 10.0 Å². The first-order valence-corrected chi connectivity index (χ1v) is 10.8. The molecule has 4 heteroatoms. The third-order valence-electron chi connectivity index (χ3n) is 6.01. The number of sulfonamides is 1. The fourth-order valence-electron chi connectivity index (χ4n) is 5.16. The van der Waals surface area contributed by atoms with E-state index in [2.05, 4.69) is 47.6 Å². The predicted molar refractivity (Wildman–Crippen MR) is 103 cm³/mol. The summed E-state index contributed by atoms with van der Waals surface area (Å²) in [5.74, 6) is 0. The zero-order valence-electron chi connectivity index (χ0n) is 16.8. The second-order valence-corrected chi connectivity index (χ2v) is 12.4. The van der Waals surface area contributed by atoms with Crippen LogP contribution in [0, 0.1) is 17.8 Å². The maximum absolute atomic E-state index is 13.6. The van der Waals surface area contributed by atoms with Crippen molar-refractivity contribution in [1.29, 1.82) is 0 Å². The summed E-state index contributed by atoms with van der Waals surface area (Å²) < 4.78 is 28.9. The Balaban J connectivity index is 2.04. The molecular formula is C21H33NO2S. The molecule has 3 rings (SSSR count). The molecule has 1 aromatic carbocycles. The molecule has 2 fully saturated rings. The lowest BCUT2D eigenvalue weighted by Gasteiger charge is -2.39. The molecule has 1 aliphatic carbocycles. The van der Waals surface area contributed by atoms with Crippen LogP contribution in [0.2, 0.25) is 0 Å². The van der Waals surface area contributed by atoms with Crippen LogP contribution in [0.3, 0.4) is 0 Å². The summed E-state index contributed by atoms with van der Waals surface area (Å²) >= 11 is 0. The van der Waals surface area contributed by atoms with Gasteiger partial charge in [0, 0.05) is 12.6 Å². The lowest BCUT2D eigenvalue weighted by molar-refractivity contribution is 0.133. The van der Waals surface area contributed by atoms with Gasteiger partial charge in [-0.1, -0.05) is 53.7 Å². The lowest BCUT2D eigenvalue weighted by Crippen LogP contribution is -2.38. The van der Waals surface area contributed by atoms with Gasteiger partial charge in [0.1, 0.15) is 0 Å². The largest absolute Gasteiger partial charge is 0.243 e. The Morgan fingerprint density at radius 3 is 2.36 bits per heavy atom. The van der Waals surface area contributed by atoms with Gasteiger partial charge < -0.3 is 0 Å². The Hall–Kier alpha value is -0.870. The van der Waals surface area contributed by atoms with Crippen molar-refractivity contribution in [1.82, 2.24) is 4.31 Å². The normalized spacial score (nSPS) is 29.8. The summed E-state index contributed by atoms with van der Waals surface area (Å²) in [6, 6.07) is 6.06. The van der Waals surface area contributed by atoms with E-state index in [0.717, 1.165) is 30.4 Å². The number of rotatable bonds is 2. The molecule has 0 spiro atoms. The quantitative estimate of drug-likeness (QED) is 0.751. The first-order chi connectivity index (χ1) is 11.2. The number of hydrogen-bond donors (Lipinski definition) is 0. The van der Waals surface area contributed by atoms with Gasteiger partial charge in [0.15, 0.2) is 0 Å². The predicted octanol–water partition coefficient (Wildman–Crippen LogP) is 4.88. The summed E-state index contributed by atoms with van der Waals surface area (Å²) in [4.78, 5) is 0.494. The zero-order chi connectivity index (χ0) is 18.8. The Labute approximate surface area is 153 Å². The first-order valence-electron chi connectivity index (χ1n) is 9.37. The van der Waals surface area contributed by atoms with Crippen molar-refractivity contribution in [3.63, 3.8) is 0 Å². The van der Waals surface area contributed by atoms with Crippen LogP contribution in [-0.4, -0.2) is 25.3 Å². The van der Waals surface area contributed by atoms with E-state index in [4.69, 9.17) is 0 Å². The standard InChI is InChI=1S/C21H33NO2S/c1-15-8-9-16(19(2,3)4)10-18(15)25(23,24)22-14-21(7)12-17(22)11-20(5,6)13-21/h8-10,17H,11-14H2,1-7H3/t17-,21+/m1/s1. The average molecular weight is 364 g/mol. The Bertz CT molecular complexity index is 789. The molecular weight excluding hydrogens is 330 g/mol. The van der Waals surface area contributed by atoms with Crippen molar-refractivity contribution in [2.75, 3.05) is 6.54 Å². The van der Waals surface area contributed by atoms with Gasteiger partial charge in [-0.2, -0.15) is 4.31 Å². The Morgan fingerprint density at radius 1 is 1.12 bits per heavy atom. The molecule has 2 aliphatic rings. The minimum absolute atomic E-state index is 0.0627.